The number of rotatable bonds is 2. The van der Waals surface area contributed by atoms with Gasteiger partial charge in [-0.05, 0) is 18.6 Å². The molecule has 2 amide bonds. The normalized spacial score (nSPS) is 15.5. The van der Waals surface area contributed by atoms with Crippen molar-refractivity contribution in [2.45, 2.75) is 6.42 Å². The van der Waals surface area contributed by atoms with Crippen molar-refractivity contribution in [3.63, 3.8) is 0 Å². The Morgan fingerprint density at radius 1 is 1.60 bits per heavy atom. The fourth-order valence-electron chi connectivity index (χ4n) is 1.23. The second-order valence-corrected chi connectivity index (χ2v) is 3.27. The van der Waals surface area contributed by atoms with Crippen molar-refractivity contribution in [2.24, 2.45) is 0 Å². The van der Waals surface area contributed by atoms with Gasteiger partial charge in [0, 0.05) is 19.3 Å². The van der Waals surface area contributed by atoms with Gasteiger partial charge in [0.25, 0.3) is 0 Å². The molecule has 0 unspecified atom stereocenters. The summed E-state index contributed by atoms with van der Waals surface area (Å²) in [5.41, 5.74) is 0.557. The van der Waals surface area contributed by atoms with Crippen LogP contribution in [0.25, 0.3) is 0 Å². The van der Waals surface area contributed by atoms with Gasteiger partial charge in [-0.25, -0.2) is 4.79 Å². The molecule has 1 saturated heterocycles. The van der Waals surface area contributed by atoms with Crippen LogP contribution in [0, 0.1) is 0 Å². The second kappa shape index (κ2) is 4.24. The lowest BCUT2D eigenvalue weighted by Gasteiger charge is -2.35. The van der Waals surface area contributed by atoms with Gasteiger partial charge in [-0.1, -0.05) is 0 Å². The molecule has 1 aromatic heterocycles. The highest BCUT2D eigenvalue weighted by Gasteiger charge is 2.24. The van der Waals surface area contributed by atoms with Crippen LogP contribution >= 0.6 is 0 Å². The van der Waals surface area contributed by atoms with Crippen LogP contribution in [0.2, 0.25) is 0 Å². The van der Waals surface area contributed by atoms with Gasteiger partial charge in [-0.15, -0.1) is 5.17 Å². The first kappa shape index (κ1) is 9.88. The van der Waals surface area contributed by atoms with E-state index in [1.807, 2.05) is 0 Å². The number of hydrazine groups is 1. The summed E-state index contributed by atoms with van der Waals surface area (Å²) >= 11 is 0. The molecule has 0 aliphatic carbocycles. The van der Waals surface area contributed by atoms with Gasteiger partial charge in [0.15, 0.2) is 0 Å². The maximum absolute atomic E-state index is 11.4. The Morgan fingerprint density at radius 2 is 2.40 bits per heavy atom. The van der Waals surface area contributed by atoms with E-state index in [9.17, 15) is 10.0 Å². The number of hydroxylamine groups is 1. The zero-order valence-corrected chi connectivity index (χ0v) is 8.13. The highest BCUT2D eigenvalue weighted by molar-refractivity contribution is 5.87. The fourth-order valence-corrected chi connectivity index (χ4v) is 1.23. The van der Waals surface area contributed by atoms with Gasteiger partial charge >= 0.3 is 6.03 Å². The van der Waals surface area contributed by atoms with E-state index in [0.29, 0.717) is 23.9 Å². The number of nitrogens with one attached hydrogen (secondary N) is 1. The van der Waals surface area contributed by atoms with Gasteiger partial charge in [0.05, 0.1) is 11.9 Å². The highest BCUT2D eigenvalue weighted by atomic mass is 16.6. The maximum Gasteiger partial charge on any atom is 0.361 e. The third-order valence-electron chi connectivity index (χ3n) is 2.19. The quantitative estimate of drug-likeness (QED) is 0.560. The first-order valence-corrected chi connectivity index (χ1v) is 4.72. The number of pyridine rings is 1. The molecule has 0 atom stereocenters. The van der Waals surface area contributed by atoms with Crippen LogP contribution in [-0.2, 0) is 0 Å². The second-order valence-electron chi connectivity index (χ2n) is 3.27. The smallest absolute Gasteiger partial charge is 0.303 e. The van der Waals surface area contributed by atoms with E-state index in [-0.39, 0.29) is 0 Å². The van der Waals surface area contributed by atoms with E-state index in [1.165, 1.54) is 6.20 Å². The summed E-state index contributed by atoms with van der Waals surface area (Å²) < 4.78 is 0. The minimum atomic E-state index is -0.567. The third kappa shape index (κ3) is 2.23. The summed E-state index contributed by atoms with van der Waals surface area (Å²) in [6.07, 6.45) is 4.13. The van der Waals surface area contributed by atoms with Crippen LogP contribution < -0.4 is 5.32 Å². The number of amides is 2. The lowest BCUT2D eigenvalue weighted by atomic mass is 10.3. The molecular formula is C9H12N4O2. The van der Waals surface area contributed by atoms with Gasteiger partial charge in [-0.2, -0.15) is 5.01 Å². The molecule has 1 fully saturated rings. The average molecular weight is 208 g/mol. The van der Waals surface area contributed by atoms with Crippen LogP contribution in [0.3, 0.4) is 0 Å². The minimum Gasteiger partial charge on any atom is -0.303 e. The Morgan fingerprint density at radius 3 is 2.93 bits per heavy atom. The molecule has 0 spiro atoms. The number of aromatic nitrogens is 1. The van der Waals surface area contributed by atoms with Crippen molar-refractivity contribution in [1.29, 1.82) is 0 Å². The van der Waals surface area contributed by atoms with Gasteiger partial charge in [0.2, 0.25) is 0 Å². The summed E-state index contributed by atoms with van der Waals surface area (Å²) in [4.78, 5) is 15.3. The van der Waals surface area contributed by atoms with Crippen molar-refractivity contribution in [3.05, 3.63) is 24.5 Å². The van der Waals surface area contributed by atoms with Crippen molar-refractivity contribution >= 4 is 11.7 Å². The predicted molar refractivity (Wildman–Crippen MR) is 53.1 cm³/mol. The molecule has 6 heteroatoms. The Hall–Kier alpha value is -1.66. The first-order chi connectivity index (χ1) is 7.27. The fraction of sp³-hybridized carbons (Fsp3) is 0.333. The first-order valence-electron chi connectivity index (χ1n) is 4.72. The van der Waals surface area contributed by atoms with Crippen LogP contribution in [0.5, 0.6) is 0 Å². The third-order valence-corrected chi connectivity index (χ3v) is 2.19. The van der Waals surface area contributed by atoms with Crippen LogP contribution in [0.4, 0.5) is 10.5 Å². The molecule has 6 nitrogen and oxygen atoms in total. The molecule has 0 bridgehead atoms. The summed E-state index contributed by atoms with van der Waals surface area (Å²) in [6, 6.07) is 2.85. The number of urea groups is 1. The number of hydrogen-bond acceptors (Lipinski definition) is 4. The number of carbonyl (C=O) groups excluding carboxylic acids is 1. The Kier molecular flexibility index (Phi) is 2.79. The Labute approximate surface area is 87.1 Å². The highest BCUT2D eigenvalue weighted by Crippen LogP contribution is 2.10. The van der Waals surface area contributed by atoms with Crippen molar-refractivity contribution < 1.29 is 10.0 Å². The van der Waals surface area contributed by atoms with Crippen molar-refractivity contribution in [2.75, 3.05) is 18.4 Å². The predicted octanol–water partition coefficient (Wildman–Crippen LogP) is 0.925. The number of nitrogens with zero attached hydrogens (tertiary/aromatic N) is 3. The van der Waals surface area contributed by atoms with E-state index in [0.717, 1.165) is 6.42 Å². The maximum atomic E-state index is 11.4. The zero-order valence-electron chi connectivity index (χ0n) is 8.13. The van der Waals surface area contributed by atoms with Gasteiger partial charge in [-0.3, -0.25) is 10.2 Å². The van der Waals surface area contributed by atoms with E-state index in [2.05, 4.69) is 10.3 Å². The standard InChI is InChI=1S/C9H12N4O2/c14-9(13(15)12-5-2-6-12)11-8-3-1-4-10-7-8/h1,3-4,7,15H,2,5-6H2,(H,11,14). The number of anilines is 1. The van der Waals surface area contributed by atoms with Crippen molar-refractivity contribution in [3.8, 4) is 0 Å². The molecule has 0 saturated carbocycles. The van der Waals surface area contributed by atoms with Crippen LogP contribution in [0.15, 0.2) is 24.5 Å². The molecule has 80 valence electrons. The summed E-state index contributed by atoms with van der Waals surface area (Å²) in [7, 11) is 0. The van der Waals surface area contributed by atoms with Gasteiger partial charge in [0.1, 0.15) is 0 Å². The topological polar surface area (TPSA) is 68.7 Å². The van der Waals surface area contributed by atoms with E-state index >= 15 is 0 Å². The van der Waals surface area contributed by atoms with E-state index in [1.54, 1.807) is 23.3 Å². The van der Waals surface area contributed by atoms with Crippen LogP contribution in [-0.4, -0.2) is 39.5 Å². The largest absolute Gasteiger partial charge is 0.361 e. The molecule has 1 aliphatic heterocycles. The monoisotopic (exact) mass is 208 g/mol. The summed E-state index contributed by atoms with van der Waals surface area (Å²) in [5.74, 6) is 0. The summed E-state index contributed by atoms with van der Waals surface area (Å²) in [5, 5.41) is 14.1. The van der Waals surface area contributed by atoms with Gasteiger partial charge < -0.3 is 5.32 Å². The Balaban J connectivity index is 1.91. The van der Waals surface area contributed by atoms with E-state index < -0.39 is 6.03 Å². The minimum absolute atomic E-state index is 0.557. The Bertz CT molecular complexity index is 339. The molecule has 1 aromatic rings. The number of carbonyl (C=O) groups is 1. The summed E-state index contributed by atoms with van der Waals surface area (Å²) in [6.45, 7) is 1.41. The number of hydrogen-bond donors (Lipinski definition) is 2. The molecule has 15 heavy (non-hydrogen) atoms. The SMILES string of the molecule is O=C(Nc1cccnc1)N(O)N1CCC1. The molecule has 2 heterocycles. The van der Waals surface area contributed by atoms with Crippen LogP contribution in [0.1, 0.15) is 6.42 Å². The van der Waals surface area contributed by atoms with Crippen molar-refractivity contribution in [1.82, 2.24) is 15.2 Å². The molecule has 2 N–H and O–H groups in total. The molecule has 0 aromatic carbocycles. The molecule has 1 aliphatic rings. The molecule has 2 rings (SSSR count). The lowest BCUT2D eigenvalue weighted by Crippen LogP contribution is -2.52. The lowest BCUT2D eigenvalue weighted by molar-refractivity contribution is -0.220. The van der Waals surface area contributed by atoms with E-state index in [4.69, 9.17) is 0 Å². The molecule has 0 radical (unpaired) electrons. The average Bonchev–Trinajstić information content (AvgIpc) is 2.16. The zero-order chi connectivity index (χ0) is 10.7. The molecular weight excluding hydrogens is 196 g/mol.